The van der Waals surface area contributed by atoms with Crippen molar-refractivity contribution in [2.24, 2.45) is 0 Å². The molecule has 0 radical (unpaired) electrons. The third-order valence-corrected chi connectivity index (χ3v) is 3.89. The third kappa shape index (κ3) is 6.57. The first-order valence-electron chi connectivity index (χ1n) is 7.28. The number of alkyl halides is 7. The van der Waals surface area contributed by atoms with Gasteiger partial charge in [0, 0.05) is 6.42 Å². The monoisotopic (exact) mass is 495 g/mol. The lowest BCUT2D eigenvalue weighted by atomic mass is 10.2. The topological polar surface area (TPSA) is 136 Å². The van der Waals surface area contributed by atoms with Crippen molar-refractivity contribution in [2.45, 2.75) is 36.5 Å². The molecule has 0 N–H and O–H groups in total. The molecule has 0 aromatic rings. The Bertz CT molecular complexity index is 836. The fourth-order valence-corrected chi connectivity index (χ4v) is 1.95. The molecule has 0 fully saturated rings. The zero-order valence-corrected chi connectivity index (χ0v) is 15.8. The second-order valence-corrected chi connectivity index (χ2v) is 6.88. The van der Waals surface area contributed by atoms with E-state index in [-0.39, 0.29) is 0 Å². The minimum atomic E-state index is -7.01. The molecular formula is C13H11F8O9S-. The largest absolute Gasteiger partial charge is 0.743 e. The second-order valence-electron chi connectivity index (χ2n) is 5.46. The molecule has 0 aliphatic carbocycles. The standard InChI is InChI=1S/C13H12F8O9S/c1-6(22)5-28-9(24)11(12(17,18)19,30-8(23)7(2)14)29-4-3-10(15,16)13(20,21)31(25,26)27/h2-5H2,1H3,(H,25,26,27)/p-1. The summed E-state index contributed by atoms with van der Waals surface area (Å²) in [4.78, 5) is 33.7. The number of rotatable bonds is 11. The van der Waals surface area contributed by atoms with Crippen LogP contribution < -0.4 is 0 Å². The first-order valence-corrected chi connectivity index (χ1v) is 8.69. The van der Waals surface area contributed by atoms with Gasteiger partial charge in [0.1, 0.15) is 6.61 Å². The van der Waals surface area contributed by atoms with E-state index in [1.54, 1.807) is 0 Å². The van der Waals surface area contributed by atoms with Gasteiger partial charge in [-0.25, -0.2) is 18.0 Å². The molecule has 0 saturated carbocycles. The molecule has 0 amide bonds. The highest BCUT2D eigenvalue weighted by Gasteiger charge is 2.69. The number of hydrogen-bond acceptors (Lipinski definition) is 9. The van der Waals surface area contributed by atoms with Crippen LogP contribution in [0.15, 0.2) is 12.4 Å². The first kappa shape index (κ1) is 28.7. The number of carbonyl (C=O) groups excluding carboxylic acids is 3. The number of Topliss-reactive ketones (excluding diaryl/α,β-unsaturated/α-hetero) is 1. The minimum absolute atomic E-state index is 0.699. The Kier molecular flexibility index (Phi) is 8.72. The summed E-state index contributed by atoms with van der Waals surface area (Å²) in [6.45, 7) is -0.785. The lowest BCUT2D eigenvalue weighted by molar-refractivity contribution is -0.357. The van der Waals surface area contributed by atoms with E-state index in [1.165, 1.54) is 0 Å². The van der Waals surface area contributed by atoms with Crippen LogP contribution in [0.5, 0.6) is 0 Å². The Labute approximate surface area is 167 Å². The van der Waals surface area contributed by atoms with Crippen molar-refractivity contribution in [2.75, 3.05) is 13.2 Å². The van der Waals surface area contributed by atoms with E-state index in [1.807, 2.05) is 0 Å². The SMILES string of the molecule is C=C(F)C(=O)OC(OCCC(F)(F)C(F)(F)S(=O)(=O)[O-])(C(=O)OCC(C)=O)C(F)(F)F. The summed E-state index contributed by atoms with van der Waals surface area (Å²) in [7, 11) is -7.01. The lowest BCUT2D eigenvalue weighted by Gasteiger charge is -2.33. The summed E-state index contributed by atoms with van der Waals surface area (Å²) in [5.41, 5.74) is 0. The normalized spacial score (nSPS) is 15.0. The van der Waals surface area contributed by atoms with Gasteiger partial charge in [-0.05, 0) is 6.92 Å². The number of ether oxygens (including phenoxy) is 3. The predicted molar refractivity (Wildman–Crippen MR) is 76.9 cm³/mol. The molecule has 9 nitrogen and oxygen atoms in total. The molecule has 0 aromatic carbocycles. The van der Waals surface area contributed by atoms with Gasteiger partial charge in [-0.3, -0.25) is 4.79 Å². The first-order chi connectivity index (χ1) is 13.6. The summed E-state index contributed by atoms with van der Waals surface area (Å²) in [5.74, 6) is -19.7. The van der Waals surface area contributed by atoms with E-state index >= 15 is 0 Å². The van der Waals surface area contributed by atoms with Crippen LogP contribution in [0, 0.1) is 0 Å². The van der Waals surface area contributed by atoms with Gasteiger partial charge in [-0.15, -0.1) is 0 Å². The van der Waals surface area contributed by atoms with Crippen LogP contribution in [0.3, 0.4) is 0 Å². The smallest absolute Gasteiger partial charge is 0.468 e. The predicted octanol–water partition coefficient (Wildman–Crippen LogP) is 1.58. The van der Waals surface area contributed by atoms with Gasteiger partial charge in [-0.2, -0.15) is 35.1 Å². The number of esters is 2. The summed E-state index contributed by atoms with van der Waals surface area (Å²) in [5, 5.41) is -6.32. The molecule has 180 valence electrons. The maximum atomic E-state index is 13.4. The Morgan fingerprint density at radius 2 is 1.52 bits per heavy atom. The van der Waals surface area contributed by atoms with Gasteiger partial charge in [0.25, 0.3) is 0 Å². The highest BCUT2D eigenvalue weighted by molar-refractivity contribution is 7.86. The fraction of sp³-hybridized carbons (Fsp3) is 0.615. The molecular weight excluding hydrogens is 484 g/mol. The maximum absolute atomic E-state index is 13.4. The van der Waals surface area contributed by atoms with Crippen LogP contribution in [-0.2, 0) is 38.7 Å². The summed E-state index contributed by atoms with van der Waals surface area (Å²) >= 11 is 0. The molecule has 0 bridgehead atoms. The summed E-state index contributed by atoms with van der Waals surface area (Å²) in [6, 6.07) is 0. The zero-order valence-electron chi connectivity index (χ0n) is 14.9. The number of ketones is 1. The van der Waals surface area contributed by atoms with E-state index in [4.69, 9.17) is 0 Å². The molecule has 0 aliphatic rings. The summed E-state index contributed by atoms with van der Waals surface area (Å²) < 4.78 is 148. The van der Waals surface area contributed by atoms with Crippen molar-refractivity contribution < 1.29 is 76.7 Å². The van der Waals surface area contributed by atoms with E-state index in [0.29, 0.717) is 6.92 Å². The highest BCUT2D eigenvalue weighted by Crippen LogP contribution is 2.42. The van der Waals surface area contributed by atoms with Crippen LogP contribution in [0.2, 0.25) is 0 Å². The van der Waals surface area contributed by atoms with Crippen LogP contribution in [0.25, 0.3) is 0 Å². The van der Waals surface area contributed by atoms with Gasteiger partial charge in [0.15, 0.2) is 15.9 Å². The minimum Gasteiger partial charge on any atom is -0.743 e. The molecule has 1 unspecified atom stereocenters. The molecule has 0 aromatic heterocycles. The van der Waals surface area contributed by atoms with E-state index < -0.39 is 76.4 Å². The van der Waals surface area contributed by atoms with E-state index in [9.17, 15) is 62.5 Å². The Morgan fingerprint density at radius 3 is 1.87 bits per heavy atom. The van der Waals surface area contributed by atoms with Crippen molar-refractivity contribution in [3.63, 3.8) is 0 Å². The van der Waals surface area contributed by atoms with Crippen molar-refractivity contribution in [3.8, 4) is 0 Å². The van der Waals surface area contributed by atoms with Crippen LogP contribution in [0.1, 0.15) is 13.3 Å². The lowest BCUT2D eigenvalue weighted by Crippen LogP contribution is -2.59. The molecule has 1 atom stereocenters. The molecule has 0 rings (SSSR count). The quantitative estimate of drug-likeness (QED) is 0.138. The Balaban J connectivity index is 6.05. The van der Waals surface area contributed by atoms with Crippen LogP contribution >= 0.6 is 0 Å². The van der Waals surface area contributed by atoms with Gasteiger partial charge >= 0.3 is 35.1 Å². The molecule has 0 heterocycles. The van der Waals surface area contributed by atoms with Crippen molar-refractivity contribution in [1.82, 2.24) is 0 Å². The third-order valence-electron chi connectivity index (χ3n) is 2.97. The molecule has 0 spiro atoms. The fourth-order valence-electron chi connectivity index (χ4n) is 1.48. The van der Waals surface area contributed by atoms with Gasteiger partial charge in [0.2, 0.25) is 5.83 Å². The number of carbonyl (C=O) groups is 3. The van der Waals surface area contributed by atoms with Gasteiger partial charge < -0.3 is 18.8 Å². The van der Waals surface area contributed by atoms with Crippen LogP contribution in [0.4, 0.5) is 35.1 Å². The highest BCUT2D eigenvalue weighted by atomic mass is 32.2. The number of halogens is 8. The van der Waals surface area contributed by atoms with Gasteiger partial charge in [-0.1, -0.05) is 6.58 Å². The van der Waals surface area contributed by atoms with Gasteiger partial charge in [0.05, 0.1) is 6.61 Å². The zero-order chi connectivity index (χ0) is 25.1. The maximum Gasteiger partial charge on any atom is 0.468 e. The van der Waals surface area contributed by atoms with Crippen molar-refractivity contribution >= 4 is 27.8 Å². The average molecular weight is 495 g/mol. The number of hydrogen-bond donors (Lipinski definition) is 0. The molecule has 31 heavy (non-hydrogen) atoms. The molecule has 18 heteroatoms. The average Bonchev–Trinajstić information content (AvgIpc) is 2.55. The summed E-state index contributed by atoms with van der Waals surface area (Å²) in [6.07, 6.45) is -8.89. The van der Waals surface area contributed by atoms with Crippen molar-refractivity contribution in [3.05, 3.63) is 12.4 Å². The van der Waals surface area contributed by atoms with Crippen molar-refractivity contribution in [1.29, 1.82) is 0 Å². The Hall–Kier alpha value is -2.34. The van der Waals surface area contributed by atoms with E-state index in [0.717, 1.165) is 0 Å². The van der Waals surface area contributed by atoms with E-state index in [2.05, 4.69) is 20.8 Å². The molecule has 0 saturated heterocycles. The van der Waals surface area contributed by atoms with Crippen LogP contribution in [-0.4, -0.2) is 67.0 Å². The second kappa shape index (κ2) is 9.43. The molecule has 0 aliphatic heterocycles. The Morgan fingerprint density at radius 1 is 1.03 bits per heavy atom.